The molecule has 1 amide bonds. The van der Waals surface area contributed by atoms with Crippen molar-refractivity contribution in [1.82, 2.24) is 15.5 Å². The van der Waals surface area contributed by atoms with E-state index in [-0.39, 0.29) is 23.3 Å². The molecule has 2 aromatic rings. The molecule has 1 aliphatic rings. The molecule has 1 N–H and O–H groups in total. The van der Waals surface area contributed by atoms with Crippen molar-refractivity contribution >= 4 is 5.91 Å². The Balaban J connectivity index is 1.66. The molecule has 140 valence electrons. The average molecular weight is 355 g/mol. The van der Waals surface area contributed by atoms with Gasteiger partial charge < -0.3 is 9.84 Å². The van der Waals surface area contributed by atoms with E-state index in [4.69, 9.17) is 4.52 Å². The molecule has 0 spiro atoms. The first kappa shape index (κ1) is 18.6. The van der Waals surface area contributed by atoms with Gasteiger partial charge in [0.1, 0.15) is 6.04 Å². The van der Waals surface area contributed by atoms with Crippen LogP contribution in [0, 0.1) is 5.92 Å². The van der Waals surface area contributed by atoms with Crippen LogP contribution in [0.2, 0.25) is 0 Å². The molecule has 0 unspecified atom stereocenters. The minimum absolute atomic E-state index is 0.103. The Bertz CT molecular complexity index is 737. The van der Waals surface area contributed by atoms with Gasteiger partial charge in [-0.25, -0.2) is 0 Å². The summed E-state index contributed by atoms with van der Waals surface area (Å²) in [6.07, 6.45) is 5.48. The van der Waals surface area contributed by atoms with Crippen LogP contribution in [0.25, 0.3) is 11.4 Å². The molecule has 1 heterocycles. The molecule has 1 fully saturated rings. The summed E-state index contributed by atoms with van der Waals surface area (Å²) in [5.74, 6) is 1.23. The van der Waals surface area contributed by atoms with E-state index in [1.807, 2.05) is 19.1 Å². The lowest BCUT2D eigenvalue weighted by atomic mass is 9.87. The summed E-state index contributed by atoms with van der Waals surface area (Å²) in [5, 5.41) is 7.11. The van der Waals surface area contributed by atoms with Gasteiger partial charge in [-0.1, -0.05) is 69.5 Å². The van der Waals surface area contributed by atoms with E-state index in [0.717, 1.165) is 31.2 Å². The van der Waals surface area contributed by atoms with Gasteiger partial charge in [0, 0.05) is 11.5 Å². The highest BCUT2D eigenvalue weighted by atomic mass is 16.5. The molecule has 26 heavy (non-hydrogen) atoms. The summed E-state index contributed by atoms with van der Waals surface area (Å²) >= 11 is 0. The molecule has 0 aliphatic heterocycles. The van der Waals surface area contributed by atoms with Crippen LogP contribution in [-0.2, 0) is 10.2 Å². The zero-order chi connectivity index (χ0) is 18.7. The van der Waals surface area contributed by atoms with Crippen LogP contribution in [0.15, 0.2) is 28.8 Å². The predicted octanol–water partition coefficient (Wildman–Crippen LogP) is 4.79. The first-order valence-corrected chi connectivity index (χ1v) is 9.59. The van der Waals surface area contributed by atoms with Crippen LogP contribution in [0.4, 0.5) is 0 Å². The molecule has 3 rings (SSSR count). The molecule has 0 bridgehead atoms. The third-order valence-electron chi connectivity index (χ3n) is 5.16. The van der Waals surface area contributed by atoms with Gasteiger partial charge >= 0.3 is 0 Å². The van der Waals surface area contributed by atoms with Gasteiger partial charge in [0.2, 0.25) is 17.6 Å². The molecule has 1 aromatic heterocycles. The molecule has 5 heteroatoms. The molecular formula is C21H29N3O2. The standard InChI is InChI=1S/C21H29N3O2/c1-14(22-19(25)16-8-6-5-7-9-16)20-23-18(24-26-20)15-10-12-17(13-11-15)21(2,3)4/h10-14,16H,5-9H2,1-4H3,(H,22,25)/t14-/m1/s1. The van der Waals surface area contributed by atoms with Crippen molar-refractivity contribution in [1.29, 1.82) is 0 Å². The number of amides is 1. The van der Waals surface area contributed by atoms with Crippen LogP contribution in [0.3, 0.4) is 0 Å². The highest BCUT2D eigenvalue weighted by Gasteiger charge is 2.24. The lowest BCUT2D eigenvalue weighted by molar-refractivity contribution is -0.126. The van der Waals surface area contributed by atoms with Gasteiger partial charge in [-0.15, -0.1) is 0 Å². The maximum absolute atomic E-state index is 12.4. The van der Waals surface area contributed by atoms with E-state index in [2.05, 4.69) is 48.4 Å². The fourth-order valence-electron chi connectivity index (χ4n) is 3.41. The fraction of sp³-hybridized carbons (Fsp3) is 0.571. The van der Waals surface area contributed by atoms with Crippen LogP contribution in [0.5, 0.6) is 0 Å². The maximum atomic E-state index is 12.4. The second-order valence-electron chi connectivity index (χ2n) is 8.35. The van der Waals surface area contributed by atoms with Crippen molar-refractivity contribution in [3.63, 3.8) is 0 Å². The second-order valence-corrected chi connectivity index (χ2v) is 8.35. The SMILES string of the molecule is C[C@@H](NC(=O)C1CCCCC1)c1nc(-c2ccc(C(C)(C)C)cc2)no1. The summed E-state index contributed by atoms with van der Waals surface area (Å²) in [6.45, 7) is 8.45. The van der Waals surface area contributed by atoms with Gasteiger partial charge in [-0.2, -0.15) is 4.98 Å². The molecular weight excluding hydrogens is 326 g/mol. The zero-order valence-corrected chi connectivity index (χ0v) is 16.2. The van der Waals surface area contributed by atoms with Gasteiger partial charge in [-0.05, 0) is 30.7 Å². The van der Waals surface area contributed by atoms with Gasteiger partial charge in [0.15, 0.2) is 0 Å². The minimum Gasteiger partial charge on any atom is -0.344 e. The van der Waals surface area contributed by atoms with Crippen LogP contribution < -0.4 is 5.32 Å². The number of aromatic nitrogens is 2. The van der Waals surface area contributed by atoms with Crippen molar-refractivity contribution in [2.45, 2.75) is 71.3 Å². The molecule has 0 radical (unpaired) electrons. The van der Waals surface area contributed by atoms with Crippen LogP contribution in [-0.4, -0.2) is 16.0 Å². The lowest BCUT2D eigenvalue weighted by Gasteiger charge is -2.22. The number of carbonyl (C=O) groups is 1. The Morgan fingerprint density at radius 2 is 1.81 bits per heavy atom. The molecule has 1 atom stereocenters. The van der Waals surface area contributed by atoms with E-state index in [1.165, 1.54) is 12.0 Å². The number of nitrogens with one attached hydrogen (secondary N) is 1. The largest absolute Gasteiger partial charge is 0.344 e. The first-order chi connectivity index (χ1) is 12.3. The average Bonchev–Trinajstić information content (AvgIpc) is 3.12. The molecule has 1 saturated carbocycles. The normalized spacial score (nSPS) is 17.1. The first-order valence-electron chi connectivity index (χ1n) is 9.59. The maximum Gasteiger partial charge on any atom is 0.249 e. The molecule has 1 aliphatic carbocycles. The minimum atomic E-state index is -0.278. The van der Waals surface area contributed by atoms with E-state index >= 15 is 0 Å². The second kappa shape index (κ2) is 7.60. The highest BCUT2D eigenvalue weighted by Crippen LogP contribution is 2.27. The number of hydrogen-bond acceptors (Lipinski definition) is 4. The Morgan fingerprint density at radius 1 is 1.15 bits per heavy atom. The summed E-state index contributed by atoms with van der Waals surface area (Å²) < 4.78 is 5.39. The fourth-order valence-corrected chi connectivity index (χ4v) is 3.41. The quantitative estimate of drug-likeness (QED) is 0.856. The lowest BCUT2D eigenvalue weighted by Crippen LogP contribution is -2.33. The van der Waals surface area contributed by atoms with E-state index in [9.17, 15) is 4.79 Å². The summed E-state index contributed by atoms with van der Waals surface area (Å²) in [6, 6.07) is 7.94. The molecule has 1 aromatic carbocycles. The Labute approximate surface area is 155 Å². The Morgan fingerprint density at radius 3 is 2.42 bits per heavy atom. The smallest absolute Gasteiger partial charge is 0.249 e. The van der Waals surface area contributed by atoms with E-state index in [0.29, 0.717) is 11.7 Å². The van der Waals surface area contributed by atoms with Gasteiger partial charge in [0.25, 0.3) is 0 Å². The van der Waals surface area contributed by atoms with Crippen LogP contribution in [0.1, 0.15) is 77.3 Å². The Kier molecular flexibility index (Phi) is 5.44. The number of hydrogen-bond donors (Lipinski definition) is 1. The summed E-state index contributed by atoms with van der Waals surface area (Å²) in [5.41, 5.74) is 2.29. The van der Waals surface area contributed by atoms with Crippen molar-refractivity contribution in [3.8, 4) is 11.4 Å². The topological polar surface area (TPSA) is 68.0 Å². The third kappa shape index (κ3) is 4.32. The Hall–Kier alpha value is -2.17. The third-order valence-corrected chi connectivity index (χ3v) is 5.16. The van der Waals surface area contributed by atoms with Crippen molar-refractivity contribution in [2.75, 3.05) is 0 Å². The highest BCUT2D eigenvalue weighted by molar-refractivity contribution is 5.79. The van der Waals surface area contributed by atoms with Gasteiger partial charge in [-0.3, -0.25) is 4.79 Å². The van der Waals surface area contributed by atoms with E-state index < -0.39 is 0 Å². The monoisotopic (exact) mass is 355 g/mol. The summed E-state index contributed by atoms with van der Waals surface area (Å²) in [7, 11) is 0. The predicted molar refractivity (Wildman–Crippen MR) is 102 cm³/mol. The number of nitrogens with zero attached hydrogens (tertiary/aromatic N) is 2. The summed E-state index contributed by atoms with van der Waals surface area (Å²) in [4.78, 5) is 16.9. The number of benzene rings is 1. The van der Waals surface area contributed by atoms with E-state index in [1.54, 1.807) is 0 Å². The molecule has 0 saturated heterocycles. The van der Waals surface area contributed by atoms with Crippen LogP contribution >= 0.6 is 0 Å². The molecule has 5 nitrogen and oxygen atoms in total. The van der Waals surface area contributed by atoms with Crippen molar-refractivity contribution in [2.24, 2.45) is 5.92 Å². The van der Waals surface area contributed by atoms with Gasteiger partial charge in [0.05, 0.1) is 0 Å². The number of carbonyl (C=O) groups excluding carboxylic acids is 1. The number of rotatable bonds is 4. The zero-order valence-electron chi connectivity index (χ0n) is 16.2. The van der Waals surface area contributed by atoms with Crippen molar-refractivity contribution < 1.29 is 9.32 Å². The van der Waals surface area contributed by atoms with Crippen molar-refractivity contribution in [3.05, 3.63) is 35.7 Å².